The third-order valence-electron chi connectivity index (χ3n) is 1.87. The summed E-state index contributed by atoms with van der Waals surface area (Å²) in [5, 5.41) is 0. The number of benzene rings is 1. The summed E-state index contributed by atoms with van der Waals surface area (Å²) in [5.74, 6) is 0.0871. The monoisotopic (exact) mass is 213 g/mol. The van der Waals surface area contributed by atoms with E-state index in [1.807, 2.05) is 0 Å². The van der Waals surface area contributed by atoms with Gasteiger partial charge in [0.05, 0.1) is 0 Å². The maximum absolute atomic E-state index is 12.6. The number of ether oxygens (including phenoxy) is 2. The molecule has 80 valence electrons. The van der Waals surface area contributed by atoms with Crippen molar-refractivity contribution in [3.05, 3.63) is 29.8 Å². The normalized spacial score (nSPS) is 17.3. The predicted molar refractivity (Wildman–Crippen MR) is 50.7 cm³/mol. The molecule has 1 heterocycles. The number of halogens is 2. The molecule has 0 saturated heterocycles. The second-order valence-corrected chi connectivity index (χ2v) is 3.01. The van der Waals surface area contributed by atoms with Crippen LogP contribution in [0.15, 0.2) is 24.3 Å². The SMILES string of the molecule is NCC=Cc1ccc2c(c1)OC(F)(F)O2. The summed E-state index contributed by atoms with van der Waals surface area (Å²) in [7, 11) is 0. The molecule has 1 aliphatic rings. The van der Waals surface area contributed by atoms with Crippen LogP contribution in [0.1, 0.15) is 5.56 Å². The van der Waals surface area contributed by atoms with Crippen molar-refractivity contribution in [1.82, 2.24) is 0 Å². The van der Waals surface area contributed by atoms with E-state index < -0.39 is 6.29 Å². The standard InChI is InChI=1S/C10H9F2NO2/c11-10(12)14-8-4-3-7(2-1-5-13)6-9(8)15-10/h1-4,6H,5,13H2. The molecule has 0 atom stereocenters. The third-order valence-corrected chi connectivity index (χ3v) is 1.87. The molecule has 2 rings (SSSR count). The van der Waals surface area contributed by atoms with Gasteiger partial charge < -0.3 is 15.2 Å². The minimum atomic E-state index is -3.56. The lowest BCUT2D eigenvalue weighted by Crippen LogP contribution is -2.25. The van der Waals surface area contributed by atoms with Crippen LogP contribution in [0.4, 0.5) is 8.78 Å². The molecule has 0 radical (unpaired) electrons. The van der Waals surface area contributed by atoms with Crippen LogP contribution < -0.4 is 15.2 Å². The summed E-state index contributed by atoms with van der Waals surface area (Å²) in [5.41, 5.74) is 6.01. The zero-order valence-corrected chi connectivity index (χ0v) is 7.74. The van der Waals surface area contributed by atoms with Gasteiger partial charge in [0.1, 0.15) is 0 Å². The fraction of sp³-hybridized carbons (Fsp3) is 0.200. The van der Waals surface area contributed by atoms with Crippen LogP contribution in [-0.4, -0.2) is 12.8 Å². The van der Waals surface area contributed by atoms with Crippen molar-refractivity contribution in [1.29, 1.82) is 0 Å². The Bertz CT molecular complexity index is 404. The number of fused-ring (bicyclic) bond motifs is 1. The number of rotatable bonds is 2. The lowest BCUT2D eigenvalue weighted by Gasteiger charge is -2.04. The summed E-state index contributed by atoms with van der Waals surface area (Å²) in [6.07, 6.45) is -0.117. The molecule has 0 aliphatic carbocycles. The van der Waals surface area contributed by atoms with Crippen molar-refractivity contribution in [3.8, 4) is 11.5 Å². The van der Waals surface area contributed by atoms with E-state index in [0.717, 1.165) is 5.56 Å². The third kappa shape index (κ3) is 2.07. The number of alkyl halides is 2. The van der Waals surface area contributed by atoms with Crippen molar-refractivity contribution in [2.45, 2.75) is 6.29 Å². The van der Waals surface area contributed by atoms with Crippen LogP contribution in [0.25, 0.3) is 6.08 Å². The molecule has 0 saturated carbocycles. The van der Waals surface area contributed by atoms with E-state index in [-0.39, 0.29) is 11.5 Å². The smallest absolute Gasteiger partial charge is 0.395 e. The average molecular weight is 213 g/mol. The zero-order chi connectivity index (χ0) is 10.9. The van der Waals surface area contributed by atoms with Crippen LogP contribution >= 0.6 is 0 Å². The molecule has 3 nitrogen and oxygen atoms in total. The van der Waals surface area contributed by atoms with Gasteiger partial charge in [-0.05, 0) is 17.7 Å². The molecule has 0 spiro atoms. The molecular formula is C10H9F2NO2. The topological polar surface area (TPSA) is 44.5 Å². The highest BCUT2D eigenvalue weighted by atomic mass is 19.3. The Morgan fingerprint density at radius 1 is 1.27 bits per heavy atom. The van der Waals surface area contributed by atoms with Gasteiger partial charge in [-0.3, -0.25) is 0 Å². The second-order valence-electron chi connectivity index (χ2n) is 3.01. The molecule has 1 aromatic carbocycles. The first kappa shape index (κ1) is 9.92. The van der Waals surface area contributed by atoms with Gasteiger partial charge in [0.25, 0.3) is 0 Å². The van der Waals surface area contributed by atoms with Gasteiger partial charge in [-0.25, -0.2) is 0 Å². The Morgan fingerprint density at radius 3 is 2.73 bits per heavy atom. The molecule has 5 heteroatoms. The molecular weight excluding hydrogens is 204 g/mol. The van der Waals surface area contributed by atoms with E-state index in [4.69, 9.17) is 5.73 Å². The molecule has 2 N–H and O–H groups in total. The molecule has 0 unspecified atom stereocenters. The first-order valence-corrected chi connectivity index (χ1v) is 4.37. The van der Waals surface area contributed by atoms with Gasteiger partial charge in [-0.1, -0.05) is 18.2 Å². The lowest BCUT2D eigenvalue weighted by atomic mass is 10.2. The number of hydrogen-bond acceptors (Lipinski definition) is 3. The molecule has 15 heavy (non-hydrogen) atoms. The molecule has 1 aromatic rings. The molecule has 1 aliphatic heterocycles. The van der Waals surface area contributed by atoms with Gasteiger partial charge in [0.2, 0.25) is 0 Å². The Hall–Kier alpha value is -1.62. The summed E-state index contributed by atoms with van der Waals surface area (Å²) in [6.45, 7) is 0.393. The Balaban J connectivity index is 2.26. The summed E-state index contributed by atoms with van der Waals surface area (Å²) in [4.78, 5) is 0. The molecule has 0 aromatic heterocycles. The van der Waals surface area contributed by atoms with Crippen molar-refractivity contribution in [2.24, 2.45) is 5.73 Å². The molecule has 0 bridgehead atoms. The fourth-order valence-electron chi connectivity index (χ4n) is 1.27. The summed E-state index contributed by atoms with van der Waals surface area (Å²) >= 11 is 0. The predicted octanol–water partition coefficient (Wildman–Crippen LogP) is 1.98. The lowest BCUT2D eigenvalue weighted by molar-refractivity contribution is -0.286. The van der Waals surface area contributed by atoms with Gasteiger partial charge >= 0.3 is 6.29 Å². The summed E-state index contributed by atoms with van der Waals surface area (Å²) < 4.78 is 33.8. The number of hydrogen-bond donors (Lipinski definition) is 1. The van der Waals surface area contributed by atoms with Gasteiger partial charge in [0, 0.05) is 6.54 Å². The van der Waals surface area contributed by atoms with Crippen LogP contribution in [-0.2, 0) is 0 Å². The van der Waals surface area contributed by atoms with E-state index in [9.17, 15) is 8.78 Å². The Labute approximate surface area is 85.1 Å². The largest absolute Gasteiger partial charge is 0.586 e. The molecule has 0 amide bonds. The van der Waals surface area contributed by atoms with E-state index in [1.165, 1.54) is 12.1 Å². The quantitative estimate of drug-likeness (QED) is 0.816. The van der Waals surface area contributed by atoms with Crippen LogP contribution in [0.2, 0.25) is 0 Å². The first-order valence-electron chi connectivity index (χ1n) is 4.37. The summed E-state index contributed by atoms with van der Waals surface area (Å²) in [6, 6.07) is 4.56. The van der Waals surface area contributed by atoms with Crippen LogP contribution in [0, 0.1) is 0 Å². The highest BCUT2D eigenvalue weighted by Gasteiger charge is 2.43. The van der Waals surface area contributed by atoms with Crippen molar-refractivity contribution in [2.75, 3.05) is 6.54 Å². The van der Waals surface area contributed by atoms with Crippen molar-refractivity contribution < 1.29 is 18.3 Å². The van der Waals surface area contributed by atoms with Gasteiger partial charge in [0.15, 0.2) is 11.5 Å². The Morgan fingerprint density at radius 2 is 2.00 bits per heavy atom. The van der Waals surface area contributed by atoms with Gasteiger partial charge in [-0.2, -0.15) is 0 Å². The molecule has 0 fully saturated rings. The second kappa shape index (κ2) is 3.51. The fourth-order valence-corrected chi connectivity index (χ4v) is 1.27. The van der Waals surface area contributed by atoms with Crippen molar-refractivity contribution in [3.63, 3.8) is 0 Å². The maximum atomic E-state index is 12.6. The van der Waals surface area contributed by atoms with E-state index >= 15 is 0 Å². The average Bonchev–Trinajstić information content (AvgIpc) is 2.47. The van der Waals surface area contributed by atoms with Crippen molar-refractivity contribution >= 4 is 6.08 Å². The van der Waals surface area contributed by atoms with Crippen LogP contribution in [0.5, 0.6) is 11.5 Å². The number of nitrogens with two attached hydrogens (primary N) is 1. The van der Waals surface area contributed by atoms with E-state index in [2.05, 4.69) is 9.47 Å². The first-order chi connectivity index (χ1) is 7.11. The zero-order valence-electron chi connectivity index (χ0n) is 7.74. The Kier molecular flexibility index (Phi) is 2.32. The highest BCUT2D eigenvalue weighted by Crippen LogP contribution is 2.41. The highest BCUT2D eigenvalue weighted by molar-refractivity contribution is 5.56. The minimum absolute atomic E-state index is 0.0409. The van der Waals surface area contributed by atoms with E-state index in [1.54, 1.807) is 18.2 Å². The maximum Gasteiger partial charge on any atom is 0.586 e. The van der Waals surface area contributed by atoms with Crippen LogP contribution in [0.3, 0.4) is 0 Å². The minimum Gasteiger partial charge on any atom is -0.395 e. The van der Waals surface area contributed by atoms with Gasteiger partial charge in [-0.15, -0.1) is 8.78 Å². The van der Waals surface area contributed by atoms with E-state index in [0.29, 0.717) is 6.54 Å².